The van der Waals surface area contributed by atoms with Gasteiger partial charge in [-0.2, -0.15) is 0 Å². The number of ether oxygens (including phenoxy) is 1. The summed E-state index contributed by atoms with van der Waals surface area (Å²) in [4.78, 5) is 1.47. The monoisotopic (exact) mass is 249 g/mol. The number of rotatable bonds is 3. The quantitative estimate of drug-likeness (QED) is 0.890. The van der Waals surface area contributed by atoms with E-state index in [0.29, 0.717) is 12.0 Å². The fourth-order valence-corrected chi connectivity index (χ4v) is 3.86. The third-order valence-corrected chi connectivity index (χ3v) is 4.86. The van der Waals surface area contributed by atoms with E-state index in [9.17, 15) is 0 Å². The first kappa shape index (κ1) is 11.6. The molecule has 2 heterocycles. The predicted octanol–water partition coefficient (Wildman–Crippen LogP) is 2.64. The molecule has 0 bridgehead atoms. The van der Waals surface area contributed by atoms with Crippen LogP contribution in [0.25, 0.3) is 0 Å². The summed E-state index contributed by atoms with van der Waals surface area (Å²) in [6, 6.07) is 9.38. The van der Waals surface area contributed by atoms with Crippen molar-refractivity contribution >= 4 is 11.8 Å². The van der Waals surface area contributed by atoms with E-state index in [-0.39, 0.29) is 0 Å². The molecule has 0 aliphatic carbocycles. The summed E-state index contributed by atoms with van der Waals surface area (Å²) < 4.78 is 5.50. The van der Waals surface area contributed by atoms with Gasteiger partial charge in [0, 0.05) is 35.8 Å². The number of fused-ring (bicyclic) bond motifs is 1. The van der Waals surface area contributed by atoms with E-state index in [4.69, 9.17) is 4.74 Å². The molecule has 2 nitrogen and oxygen atoms in total. The number of nitrogens with one attached hydrogen (secondary N) is 1. The van der Waals surface area contributed by atoms with Crippen LogP contribution >= 0.6 is 11.8 Å². The highest BCUT2D eigenvalue weighted by molar-refractivity contribution is 7.99. The van der Waals surface area contributed by atoms with Crippen molar-refractivity contribution in [3.8, 4) is 0 Å². The van der Waals surface area contributed by atoms with Crippen LogP contribution < -0.4 is 5.32 Å². The van der Waals surface area contributed by atoms with Crippen molar-refractivity contribution in [2.24, 2.45) is 0 Å². The predicted molar refractivity (Wildman–Crippen MR) is 71.8 cm³/mol. The zero-order chi connectivity index (χ0) is 11.5. The van der Waals surface area contributed by atoms with Crippen molar-refractivity contribution in [1.29, 1.82) is 0 Å². The third kappa shape index (κ3) is 2.67. The summed E-state index contributed by atoms with van der Waals surface area (Å²) in [6.07, 6.45) is 2.47. The minimum absolute atomic E-state index is 0.571. The average Bonchev–Trinajstić information content (AvgIpc) is 2.81. The molecule has 0 saturated carbocycles. The molecule has 2 unspecified atom stereocenters. The molecule has 2 aliphatic heterocycles. The van der Waals surface area contributed by atoms with Crippen molar-refractivity contribution in [3.05, 3.63) is 29.8 Å². The van der Waals surface area contributed by atoms with Crippen LogP contribution in [-0.2, 0) is 4.74 Å². The summed E-state index contributed by atoms with van der Waals surface area (Å²) in [5, 5.41) is 3.67. The van der Waals surface area contributed by atoms with E-state index in [1.54, 1.807) is 0 Å². The Morgan fingerprint density at radius 2 is 2.29 bits per heavy atom. The van der Waals surface area contributed by atoms with E-state index in [0.717, 1.165) is 19.8 Å². The van der Waals surface area contributed by atoms with Gasteiger partial charge in [-0.3, -0.25) is 0 Å². The van der Waals surface area contributed by atoms with Gasteiger partial charge in [0.05, 0.1) is 6.61 Å². The Balaban J connectivity index is 1.56. The number of hydrogen-bond donors (Lipinski definition) is 1. The molecule has 1 saturated heterocycles. The van der Waals surface area contributed by atoms with Crippen molar-refractivity contribution in [2.45, 2.75) is 29.7 Å². The lowest BCUT2D eigenvalue weighted by Crippen LogP contribution is -2.39. The van der Waals surface area contributed by atoms with Crippen molar-refractivity contribution in [1.82, 2.24) is 5.32 Å². The van der Waals surface area contributed by atoms with Crippen LogP contribution in [0.15, 0.2) is 29.2 Å². The highest BCUT2D eigenvalue weighted by Crippen LogP contribution is 2.38. The first-order valence-corrected chi connectivity index (χ1v) is 7.45. The lowest BCUT2D eigenvalue weighted by atomic mass is 10.0. The highest BCUT2D eigenvalue weighted by Gasteiger charge is 2.23. The maximum Gasteiger partial charge on any atom is 0.0619 e. The van der Waals surface area contributed by atoms with Crippen LogP contribution in [0.2, 0.25) is 0 Å². The van der Waals surface area contributed by atoms with Gasteiger partial charge in [-0.15, -0.1) is 11.8 Å². The van der Waals surface area contributed by atoms with Crippen LogP contribution in [0.3, 0.4) is 0 Å². The SMILES string of the molecule is c1ccc2c(c1)SCC2CNC1CCCOC1. The molecule has 3 rings (SSSR count). The average molecular weight is 249 g/mol. The molecule has 3 heteroatoms. The molecule has 1 aromatic carbocycles. The molecule has 0 radical (unpaired) electrons. The molecule has 2 atom stereocenters. The number of hydrogen-bond acceptors (Lipinski definition) is 3. The van der Waals surface area contributed by atoms with Crippen LogP contribution in [-0.4, -0.2) is 31.6 Å². The molecule has 92 valence electrons. The van der Waals surface area contributed by atoms with Gasteiger partial charge in [-0.25, -0.2) is 0 Å². The number of benzene rings is 1. The van der Waals surface area contributed by atoms with Crippen molar-refractivity contribution in [2.75, 3.05) is 25.5 Å². The van der Waals surface area contributed by atoms with Crippen LogP contribution in [0.4, 0.5) is 0 Å². The third-order valence-electron chi connectivity index (χ3n) is 3.61. The second-order valence-corrected chi connectivity index (χ2v) is 5.93. The van der Waals surface area contributed by atoms with E-state index in [1.165, 1.54) is 29.1 Å². The van der Waals surface area contributed by atoms with E-state index < -0.39 is 0 Å². The fourth-order valence-electron chi connectivity index (χ4n) is 2.61. The molecule has 0 aromatic heterocycles. The molecular weight excluding hydrogens is 230 g/mol. The Morgan fingerprint density at radius 1 is 1.35 bits per heavy atom. The van der Waals surface area contributed by atoms with Crippen LogP contribution in [0, 0.1) is 0 Å². The van der Waals surface area contributed by atoms with Gasteiger partial charge in [0.1, 0.15) is 0 Å². The summed E-state index contributed by atoms with van der Waals surface area (Å²) >= 11 is 1.99. The van der Waals surface area contributed by atoms with Gasteiger partial charge >= 0.3 is 0 Å². The normalized spacial score (nSPS) is 28.0. The minimum atomic E-state index is 0.571. The lowest BCUT2D eigenvalue weighted by Gasteiger charge is -2.24. The Hall–Kier alpha value is -0.510. The first-order valence-electron chi connectivity index (χ1n) is 6.46. The van der Waals surface area contributed by atoms with Gasteiger partial charge in [0.15, 0.2) is 0 Å². The molecule has 17 heavy (non-hydrogen) atoms. The van der Waals surface area contributed by atoms with E-state index >= 15 is 0 Å². The minimum Gasteiger partial charge on any atom is -0.380 e. The zero-order valence-corrected chi connectivity index (χ0v) is 10.8. The molecule has 1 N–H and O–H groups in total. The topological polar surface area (TPSA) is 21.3 Å². The van der Waals surface area contributed by atoms with Gasteiger partial charge in [0.25, 0.3) is 0 Å². The van der Waals surface area contributed by atoms with Crippen LogP contribution in [0.1, 0.15) is 24.3 Å². The second-order valence-electron chi connectivity index (χ2n) is 4.87. The van der Waals surface area contributed by atoms with Gasteiger partial charge in [0.2, 0.25) is 0 Å². The fraction of sp³-hybridized carbons (Fsp3) is 0.571. The van der Waals surface area contributed by atoms with Crippen LogP contribution in [0.5, 0.6) is 0 Å². The largest absolute Gasteiger partial charge is 0.380 e. The van der Waals surface area contributed by atoms with E-state index in [1.807, 2.05) is 11.8 Å². The molecule has 0 amide bonds. The van der Waals surface area contributed by atoms with Gasteiger partial charge in [-0.1, -0.05) is 18.2 Å². The Kier molecular flexibility index (Phi) is 3.69. The maximum absolute atomic E-state index is 5.50. The Labute approximate surface area is 107 Å². The van der Waals surface area contributed by atoms with E-state index in [2.05, 4.69) is 29.6 Å². The summed E-state index contributed by atoms with van der Waals surface area (Å²) in [5.74, 6) is 1.90. The molecule has 1 fully saturated rings. The highest BCUT2D eigenvalue weighted by atomic mass is 32.2. The first-order chi connectivity index (χ1) is 8.43. The summed E-state index contributed by atoms with van der Waals surface area (Å²) in [5.41, 5.74) is 1.53. The molecule has 0 spiro atoms. The summed E-state index contributed by atoms with van der Waals surface area (Å²) in [6.45, 7) is 2.93. The summed E-state index contributed by atoms with van der Waals surface area (Å²) in [7, 11) is 0. The second kappa shape index (κ2) is 5.42. The molecule has 2 aliphatic rings. The molecular formula is C14H19NOS. The van der Waals surface area contributed by atoms with Crippen molar-refractivity contribution < 1.29 is 4.74 Å². The Morgan fingerprint density at radius 3 is 3.18 bits per heavy atom. The Bertz CT molecular complexity index is 376. The van der Waals surface area contributed by atoms with Gasteiger partial charge in [-0.05, 0) is 24.5 Å². The molecule has 1 aromatic rings. The smallest absolute Gasteiger partial charge is 0.0619 e. The van der Waals surface area contributed by atoms with Crippen molar-refractivity contribution in [3.63, 3.8) is 0 Å². The zero-order valence-electron chi connectivity index (χ0n) is 10.0. The maximum atomic E-state index is 5.50. The standard InChI is InChI=1S/C14H19NOS/c1-2-6-14-13(5-1)11(10-17-14)8-15-12-4-3-7-16-9-12/h1-2,5-6,11-12,15H,3-4,7-10H2. The number of thioether (sulfide) groups is 1. The van der Waals surface area contributed by atoms with Gasteiger partial charge < -0.3 is 10.1 Å². The lowest BCUT2D eigenvalue weighted by molar-refractivity contribution is 0.0702.